The lowest BCUT2D eigenvalue weighted by atomic mass is 10.3. The molecule has 6 nitrogen and oxygen atoms in total. The topological polar surface area (TPSA) is 73.1 Å². The van der Waals surface area contributed by atoms with Crippen molar-refractivity contribution in [2.75, 3.05) is 5.32 Å². The fourth-order valence-corrected chi connectivity index (χ4v) is 3.84. The molecule has 10 heteroatoms. The van der Waals surface area contributed by atoms with Crippen molar-refractivity contribution in [2.24, 2.45) is 0 Å². The number of hydrogen-bond donors (Lipinski definition) is 1. The maximum Gasteiger partial charge on any atom is 0.336 e. The minimum Gasteiger partial charge on any atom is -0.325 e. The summed E-state index contributed by atoms with van der Waals surface area (Å²) in [4.78, 5) is 38.2. The number of amides is 1. The molecule has 2 aromatic heterocycles. The summed E-state index contributed by atoms with van der Waals surface area (Å²) in [7, 11) is 0. The molecule has 0 aliphatic carbocycles. The van der Waals surface area contributed by atoms with Gasteiger partial charge in [0, 0.05) is 11.8 Å². The molecule has 1 amide bonds. The number of benzene rings is 2. The zero-order chi connectivity index (χ0) is 21.4. The molecule has 0 fully saturated rings. The van der Waals surface area contributed by atoms with Crippen LogP contribution in [0.15, 0.2) is 63.5 Å². The van der Waals surface area contributed by atoms with Gasteiger partial charge in [-0.3, -0.25) is 14.2 Å². The average molecular weight is 431 g/mol. The molecule has 0 spiro atoms. The third-order valence-electron chi connectivity index (χ3n) is 4.29. The van der Waals surface area contributed by atoms with E-state index in [0.717, 1.165) is 40.2 Å². The Labute approximate surface area is 170 Å². The number of halogens is 3. The number of anilines is 1. The minimum atomic E-state index is -0.955. The van der Waals surface area contributed by atoms with E-state index in [1.165, 1.54) is 18.2 Å². The van der Waals surface area contributed by atoms with Crippen LogP contribution >= 0.6 is 11.3 Å². The number of thiophene rings is 1. The molecule has 2 heterocycles. The van der Waals surface area contributed by atoms with E-state index in [-0.39, 0.29) is 15.9 Å². The number of carbonyl (C=O) groups is 1. The van der Waals surface area contributed by atoms with Crippen LogP contribution in [0.1, 0.15) is 0 Å². The molecular formula is C20H12F3N3O3S. The van der Waals surface area contributed by atoms with E-state index in [4.69, 9.17) is 0 Å². The molecular weight excluding hydrogens is 419 g/mol. The Kier molecular flexibility index (Phi) is 5.00. The summed E-state index contributed by atoms with van der Waals surface area (Å²) in [5, 5.41) is 4.09. The van der Waals surface area contributed by atoms with E-state index < -0.39 is 41.2 Å². The maximum atomic E-state index is 13.7. The van der Waals surface area contributed by atoms with E-state index in [2.05, 4.69) is 5.32 Å². The normalized spacial score (nSPS) is 11.0. The van der Waals surface area contributed by atoms with E-state index in [1.54, 1.807) is 5.38 Å². The Morgan fingerprint density at radius 2 is 1.60 bits per heavy atom. The first-order valence-corrected chi connectivity index (χ1v) is 9.46. The number of nitrogens with one attached hydrogen (secondary N) is 1. The van der Waals surface area contributed by atoms with Gasteiger partial charge in [-0.25, -0.2) is 22.5 Å². The van der Waals surface area contributed by atoms with E-state index >= 15 is 0 Å². The van der Waals surface area contributed by atoms with Crippen LogP contribution in [-0.4, -0.2) is 15.0 Å². The maximum absolute atomic E-state index is 13.7. The molecule has 2 aromatic carbocycles. The SMILES string of the molecule is O=C(Cn1c(=O)n(-c2cc(F)cc(F)c2)c(=O)c2sccc21)Nc1ccc(F)cc1. The number of hydrogen-bond acceptors (Lipinski definition) is 4. The van der Waals surface area contributed by atoms with Gasteiger partial charge in [-0.05, 0) is 47.8 Å². The van der Waals surface area contributed by atoms with E-state index in [9.17, 15) is 27.6 Å². The van der Waals surface area contributed by atoms with Gasteiger partial charge in [0.15, 0.2) is 0 Å². The number of carbonyl (C=O) groups excluding carboxylic acids is 1. The van der Waals surface area contributed by atoms with Crippen LogP contribution < -0.4 is 16.6 Å². The van der Waals surface area contributed by atoms with Crippen LogP contribution in [-0.2, 0) is 11.3 Å². The third kappa shape index (κ3) is 3.64. The molecule has 0 aliphatic rings. The largest absolute Gasteiger partial charge is 0.336 e. The highest BCUT2D eigenvalue weighted by atomic mass is 32.1. The van der Waals surface area contributed by atoms with Crippen molar-refractivity contribution in [3.05, 3.63) is 92.2 Å². The van der Waals surface area contributed by atoms with Crippen molar-refractivity contribution >= 4 is 33.1 Å². The predicted octanol–water partition coefficient (Wildman–Crippen LogP) is 3.27. The Morgan fingerprint density at radius 3 is 2.27 bits per heavy atom. The van der Waals surface area contributed by atoms with Crippen LogP contribution in [0.5, 0.6) is 0 Å². The number of aromatic nitrogens is 2. The third-order valence-corrected chi connectivity index (χ3v) is 5.18. The monoisotopic (exact) mass is 431 g/mol. The molecule has 30 heavy (non-hydrogen) atoms. The van der Waals surface area contributed by atoms with Crippen molar-refractivity contribution in [2.45, 2.75) is 6.54 Å². The molecule has 0 aliphatic heterocycles. The molecule has 0 saturated heterocycles. The van der Waals surface area contributed by atoms with Crippen molar-refractivity contribution < 1.29 is 18.0 Å². The molecule has 0 atom stereocenters. The smallest absolute Gasteiger partial charge is 0.325 e. The van der Waals surface area contributed by atoms with Crippen LogP contribution in [0, 0.1) is 17.5 Å². The Bertz CT molecular complexity index is 1370. The second-order valence-corrected chi connectivity index (χ2v) is 7.24. The molecule has 1 N–H and O–H groups in total. The molecule has 0 saturated carbocycles. The van der Waals surface area contributed by atoms with Gasteiger partial charge in [0.05, 0.1) is 11.2 Å². The highest BCUT2D eigenvalue weighted by Gasteiger charge is 2.18. The van der Waals surface area contributed by atoms with Gasteiger partial charge in [-0.2, -0.15) is 0 Å². The van der Waals surface area contributed by atoms with Gasteiger partial charge >= 0.3 is 5.69 Å². The van der Waals surface area contributed by atoms with Crippen molar-refractivity contribution in [1.29, 1.82) is 0 Å². The summed E-state index contributed by atoms with van der Waals surface area (Å²) in [5.41, 5.74) is -1.42. The van der Waals surface area contributed by atoms with Gasteiger partial charge in [0.25, 0.3) is 5.56 Å². The summed E-state index contributed by atoms with van der Waals surface area (Å²) in [6.45, 7) is -0.471. The molecule has 4 aromatic rings. The van der Waals surface area contributed by atoms with Gasteiger partial charge < -0.3 is 5.32 Å². The molecule has 0 bridgehead atoms. The van der Waals surface area contributed by atoms with Gasteiger partial charge in [-0.1, -0.05) is 0 Å². The molecule has 152 valence electrons. The van der Waals surface area contributed by atoms with Crippen LogP contribution in [0.4, 0.5) is 18.9 Å². The molecule has 0 unspecified atom stereocenters. The Hall–Kier alpha value is -3.66. The van der Waals surface area contributed by atoms with E-state index in [0.29, 0.717) is 16.3 Å². The second kappa shape index (κ2) is 7.64. The lowest BCUT2D eigenvalue weighted by Crippen LogP contribution is -2.40. The Morgan fingerprint density at radius 1 is 0.933 bits per heavy atom. The van der Waals surface area contributed by atoms with Crippen molar-refractivity contribution in [1.82, 2.24) is 9.13 Å². The van der Waals surface area contributed by atoms with Gasteiger partial charge in [0.2, 0.25) is 5.91 Å². The van der Waals surface area contributed by atoms with Crippen molar-refractivity contribution in [3.8, 4) is 5.69 Å². The van der Waals surface area contributed by atoms with Gasteiger partial charge in [0.1, 0.15) is 28.7 Å². The predicted molar refractivity (Wildman–Crippen MR) is 107 cm³/mol. The first kappa shape index (κ1) is 19.6. The molecule has 4 rings (SSSR count). The standard InChI is InChI=1S/C20H12F3N3O3S/c21-11-1-3-14(4-2-11)24-17(27)10-25-16-5-6-30-18(16)19(28)26(20(25)29)15-8-12(22)7-13(23)9-15/h1-9H,10H2,(H,24,27). The highest BCUT2D eigenvalue weighted by molar-refractivity contribution is 7.17. The van der Waals surface area contributed by atoms with Crippen LogP contribution in [0.3, 0.4) is 0 Å². The summed E-state index contributed by atoms with van der Waals surface area (Å²) in [6.07, 6.45) is 0. The fourth-order valence-electron chi connectivity index (χ4n) is 3.01. The lowest BCUT2D eigenvalue weighted by Gasteiger charge is -2.12. The van der Waals surface area contributed by atoms with Crippen LogP contribution in [0.25, 0.3) is 15.9 Å². The number of nitrogens with zero attached hydrogens (tertiary/aromatic N) is 2. The lowest BCUT2D eigenvalue weighted by molar-refractivity contribution is -0.116. The first-order chi connectivity index (χ1) is 14.3. The summed E-state index contributed by atoms with van der Waals surface area (Å²) >= 11 is 1.03. The highest BCUT2D eigenvalue weighted by Crippen LogP contribution is 2.18. The van der Waals surface area contributed by atoms with Gasteiger partial charge in [-0.15, -0.1) is 11.3 Å². The fraction of sp³-hybridized carbons (Fsp3) is 0.0500. The second-order valence-electron chi connectivity index (χ2n) is 6.33. The molecule has 0 radical (unpaired) electrons. The summed E-state index contributed by atoms with van der Waals surface area (Å²) in [5.74, 6) is -2.99. The Balaban J connectivity index is 1.81. The van der Waals surface area contributed by atoms with Crippen molar-refractivity contribution in [3.63, 3.8) is 0 Å². The average Bonchev–Trinajstić information content (AvgIpc) is 3.16. The number of rotatable bonds is 4. The quantitative estimate of drug-likeness (QED) is 0.539. The zero-order valence-corrected chi connectivity index (χ0v) is 15.9. The first-order valence-electron chi connectivity index (χ1n) is 8.58. The number of fused-ring (bicyclic) bond motifs is 1. The zero-order valence-electron chi connectivity index (χ0n) is 15.1. The summed E-state index contributed by atoms with van der Waals surface area (Å²) < 4.78 is 42.1. The van der Waals surface area contributed by atoms with E-state index in [1.807, 2.05) is 0 Å². The summed E-state index contributed by atoms with van der Waals surface area (Å²) in [6, 6.07) is 8.87. The minimum absolute atomic E-state index is 0.147. The van der Waals surface area contributed by atoms with Crippen LogP contribution in [0.2, 0.25) is 0 Å².